The minimum absolute atomic E-state index is 0.00661. The summed E-state index contributed by atoms with van der Waals surface area (Å²) in [5, 5.41) is 14.1. The Morgan fingerprint density at radius 1 is 1.00 bits per heavy atom. The van der Waals surface area contributed by atoms with Crippen molar-refractivity contribution in [2.75, 3.05) is 13.2 Å². The number of aromatic hydroxyl groups is 1. The van der Waals surface area contributed by atoms with Crippen molar-refractivity contribution in [3.8, 4) is 5.75 Å². The summed E-state index contributed by atoms with van der Waals surface area (Å²) in [6.45, 7) is -0.263. The largest absolute Gasteiger partial charge is 0.507 e. The zero-order chi connectivity index (χ0) is 19.2. The first kappa shape index (κ1) is 18.4. The maximum atomic E-state index is 13.5. The lowest BCUT2D eigenvalue weighted by molar-refractivity contribution is -0.124. The number of esters is 1. The van der Waals surface area contributed by atoms with Gasteiger partial charge >= 0.3 is 5.97 Å². The van der Waals surface area contributed by atoms with Crippen LogP contribution in [0.5, 0.6) is 5.75 Å². The summed E-state index contributed by atoms with van der Waals surface area (Å²) in [5.41, 5.74) is 0.490. The highest BCUT2D eigenvalue weighted by atomic mass is 19.1. The van der Waals surface area contributed by atoms with Crippen LogP contribution in [0, 0.1) is 5.82 Å². The molecule has 0 saturated carbocycles. The Morgan fingerprint density at radius 2 is 1.67 bits per heavy atom. The average Bonchev–Trinajstić information content (AvgIpc) is 2.67. The third-order valence-corrected chi connectivity index (χ3v) is 4.09. The van der Waals surface area contributed by atoms with Gasteiger partial charge < -0.3 is 15.2 Å². The molecule has 6 heteroatoms. The molecule has 0 heterocycles. The van der Waals surface area contributed by atoms with E-state index in [4.69, 9.17) is 4.74 Å². The second kappa shape index (κ2) is 8.31. The highest BCUT2D eigenvalue weighted by Gasteiger charge is 2.15. The van der Waals surface area contributed by atoms with Crippen molar-refractivity contribution in [3.05, 3.63) is 77.6 Å². The van der Waals surface area contributed by atoms with Gasteiger partial charge in [-0.25, -0.2) is 9.18 Å². The minimum Gasteiger partial charge on any atom is -0.507 e. The molecule has 0 radical (unpaired) electrons. The Hall–Kier alpha value is -3.41. The molecule has 2 N–H and O–H groups in total. The molecule has 0 spiro atoms. The molecule has 0 fully saturated rings. The second-order valence-electron chi connectivity index (χ2n) is 5.98. The number of ether oxygens (including phenoxy) is 1. The van der Waals surface area contributed by atoms with E-state index in [0.717, 1.165) is 10.8 Å². The predicted octanol–water partition coefficient (Wildman–Crippen LogP) is 3.20. The molecule has 3 aromatic rings. The average molecular weight is 367 g/mol. The van der Waals surface area contributed by atoms with Gasteiger partial charge in [0.2, 0.25) is 0 Å². The Morgan fingerprint density at radius 3 is 2.41 bits per heavy atom. The number of rotatable bonds is 6. The molecule has 3 aromatic carbocycles. The first-order valence-electron chi connectivity index (χ1n) is 8.43. The third-order valence-electron chi connectivity index (χ3n) is 4.09. The Balaban J connectivity index is 1.52. The molecular formula is C21H18FNO4. The molecule has 27 heavy (non-hydrogen) atoms. The monoisotopic (exact) mass is 367 g/mol. The summed E-state index contributed by atoms with van der Waals surface area (Å²) in [6, 6.07) is 16.6. The van der Waals surface area contributed by atoms with Crippen molar-refractivity contribution in [1.29, 1.82) is 0 Å². The number of halogens is 1. The molecule has 0 aromatic heterocycles. The van der Waals surface area contributed by atoms with Gasteiger partial charge in [0.15, 0.2) is 6.61 Å². The molecule has 0 saturated heterocycles. The number of hydrogen-bond acceptors (Lipinski definition) is 4. The summed E-state index contributed by atoms with van der Waals surface area (Å²) in [5.74, 6) is -1.83. The summed E-state index contributed by atoms with van der Waals surface area (Å²) < 4.78 is 18.5. The van der Waals surface area contributed by atoms with Crippen molar-refractivity contribution in [2.24, 2.45) is 0 Å². The molecule has 3 rings (SSSR count). The number of phenols is 1. The number of fused-ring (bicyclic) bond motifs is 1. The van der Waals surface area contributed by atoms with Gasteiger partial charge in [0.05, 0.1) is 0 Å². The number of carbonyl (C=O) groups is 2. The Bertz CT molecular complexity index is 987. The second-order valence-corrected chi connectivity index (χ2v) is 5.98. The molecule has 1 amide bonds. The van der Waals surface area contributed by atoms with E-state index in [1.54, 1.807) is 24.3 Å². The lowest BCUT2D eigenvalue weighted by Crippen LogP contribution is -2.30. The van der Waals surface area contributed by atoms with E-state index < -0.39 is 18.5 Å². The molecule has 138 valence electrons. The number of nitrogens with one attached hydrogen (secondary N) is 1. The highest BCUT2D eigenvalue weighted by molar-refractivity contribution is 5.99. The molecule has 5 nitrogen and oxygen atoms in total. The number of amides is 1. The maximum absolute atomic E-state index is 13.5. The van der Waals surface area contributed by atoms with Gasteiger partial charge in [-0.15, -0.1) is 0 Å². The summed E-state index contributed by atoms with van der Waals surface area (Å²) in [4.78, 5) is 23.9. The van der Waals surface area contributed by atoms with Crippen LogP contribution in [0.15, 0.2) is 60.7 Å². The quantitative estimate of drug-likeness (QED) is 0.656. The van der Waals surface area contributed by atoms with E-state index in [1.807, 2.05) is 18.2 Å². The number of phenolic OH excluding ortho intramolecular Hbond substituents is 1. The van der Waals surface area contributed by atoms with Gasteiger partial charge in [0.1, 0.15) is 17.1 Å². The first-order chi connectivity index (χ1) is 13.0. The zero-order valence-electron chi connectivity index (χ0n) is 14.4. The fraction of sp³-hybridized carbons (Fsp3) is 0.143. The minimum atomic E-state index is -0.789. The van der Waals surface area contributed by atoms with Crippen LogP contribution >= 0.6 is 0 Å². The molecule has 0 aliphatic rings. The summed E-state index contributed by atoms with van der Waals surface area (Å²) in [7, 11) is 0. The Labute approximate surface area is 155 Å². The van der Waals surface area contributed by atoms with E-state index in [1.165, 1.54) is 18.2 Å². The highest BCUT2D eigenvalue weighted by Crippen LogP contribution is 2.25. The van der Waals surface area contributed by atoms with E-state index in [0.29, 0.717) is 12.0 Å². The van der Waals surface area contributed by atoms with E-state index in [9.17, 15) is 19.1 Å². The molecular weight excluding hydrogens is 349 g/mol. The molecule has 0 atom stereocenters. The summed E-state index contributed by atoms with van der Waals surface area (Å²) >= 11 is 0. The Kier molecular flexibility index (Phi) is 5.66. The van der Waals surface area contributed by atoms with Gasteiger partial charge in [-0.3, -0.25) is 4.79 Å². The number of benzene rings is 3. The molecule has 0 bridgehead atoms. The van der Waals surface area contributed by atoms with Crippen LogP contribution in [0.1, 0.15) is 15.9 Å². The van der Waals surface area contributed by atoms with Crippen molar-refractivity contribution >= 4 is 22.6 Å². The van der Waals surface area contributed by atoms with Crippen molar-refractivity contribution < 1.29 is 23.8 Å². The zero-order valence-corrected chi connectivity index (χ0v) is 14.4. The fourth-order valence-corrected chi connectivity index (χ4v) is 2.69. The third kappa shape index (κ3) is 4.61. The van der Waals surface area contributed by atoms with Crippen LogP contribution in [0.25, 0.3) is 10.8 Å². The topological polar surface area (TPSA) is 75.6 Å². The van der Waals surface area contributed by atoms with Crippen LogP contribution in [-0.4, -0.2) is 30.1 Å². The fourth-order valence-electron chi connectivity index (χ4n) is 2.69. The van der Waals surface area contributed by atoms with Crippen LogP contribution in [-0.2, 0) is 16.0 Å². The predicted molar refractivity (Wildman–Crippen MR) is 99.0 cm³/mol. The standard InChI is InChI=1S/C21H18FNO4/c22-18-8-4-3-5-14(18)9-10-23-20(25)13-27-21(26)17-11-15-6-1-2-7-16(15)12-19(17)24/h1-8,11-12,24H,9-10,13H2,(H,23,25). The molecule has 0 unspecified atom stereocenters. The van der Waals surface area contributed by atoms with E-state index in [-0.39, 0.29) is 23.7 Å². The molecule has 0 aliphatic carbocycles. The van der Waals surface area contributed by atoms with Gasteiger partial charge in [-0.05, 0) is 41.0 Å². The number of hydrogen-bond donors (Lipinski definition) is 2. The van der Waals surface area contributed by atoms with Crippen molar-refractivity contribution in [3.63, 3.8) is 0 Å². The van der Waals surface area contributed by atoms with Crippen molar-refractivity contribution in [2.45, 2.75) is 6.42 Å². The van der Waals surface area contributed by atoms with Crippen LogP contribution in [0.4, 0.5) is 4.39 Å². The van der Waals surface area contributed by atoms with Crippen LogP contribution in [0.2, 0.25) is 0 Å². The SMILES string of the molecule is O=C(COC(=O)c1cc2ccccc2cc1O)NCCc1ccccc1F. The summed E-state index contributed by atoms with van der Waals surface area (Å²) in [6.07, 6.45) is 0.331. The van der Waals surface area contributed by atoms with Gasteiger partial charge in [0, 0.05) is 6.54 Å². The first-order valence-corrected chi connectivity index (χ1v) is 8.43. The van der Waals surface area contributed by atoms with E-state index in [2.05, 4.69) is 5.32 Å². The molecule has 0 aliphatic heterocycles. The lowest BCUT2D eigenvalue weighted by atomic mass is 10.1. The number of carbonyl (C=O) groups excluding carboxylic acids is 2. The van der Waals surface area contributed by atoms with Gasteiger partial charge in [-0.1, -0.05) is 42.5 Å². The van der Waals surface area contributed by atoms with Crippen LogP contribution < -0.4 is 5.32 Å². The lowest BCUT2D eigenvalue weighted by Gasteiger charge is -2.09. The van der Waals surface area contributed by atoms with Crippen LogP contribution in [0.3, 0.4) is 0 Å². The van der Waals surface area contributed by atoms with E-state index >= 15 is 0 Å². The maximum Gasteiger partial charge on any atom is 0.342 e. The van der Waals surface area contributed by atoms with Gasteiger partial charge in [-0.2, -0.15) is 0 Å². The normalized spacial score (nSPS) is 10.6. The smallest absolute Gasteiger partial charge is 0.342 e. The van der Waals surface area contributed by atoms with Gasteiger partial charge in [0.25, 0.3) is 5.91 Å². The van der Waals surface area contributed by atoms with Crippen molar-refractivity contribution in [1.82, 2.24) is 5.32 Å².